The van der Waals surface area contributed by atoms with Crippen LogP contribution in [0.15, 0.2) is 42.5 Å². The standard InChI is InChI=1S/C22H29N3O/c1-17-7-12-21-19(14-17)6-5-13-25(21)16-22(26)24(4)15-18-8-10-20(11-9-18)23(2)3/h7-12,14H,5-6,13,15-16H2,1-4H3. The van der Waals surface area contributed by atoms with Gasteiger partial charge in [0, 0.05) is 45.6 Å². The maximum absolute atomic E-state index is 12.7. The summed E-state index contributed by atoms with van der Waals surface area (Å²) >= 11 is 0. The lowest BCUT2D eigenvalue weighted by atomic mass is 9.99. The summed E-state index contributed by atoms with van der Waals surface area (Å²) in [5.41, 5.74) is 6.20. The zero-order valence-corrected chi connectivity index (χ0v) is 16.3. The number of hydrogen-bond donors (Lipinski definition) is 0. The van der Waals surface area contributed by atoms with Crippen molar-refractivity contribution in [2.24, 2.45) is 0 Å². The Morgan fingerprint density at radius 1 is 1.08 bits per heavy atom. The Kier molecular flexibility index (Phi) is 5.50. The summed E-state index contributed by atoms with van der Waals surface area (Å²) in [7, 11) is 5.95. The van der Waals surface area contributed by atoms with Crippen LogP contribution in [-0.4, -0.2) is 45.0 Å². The van der Waals surface area contributed by atoms with Crippen LogP contribution in [-0.2, 0) is 17.8 Å². The van der Waals surface area contributed by atoms with E-state index in [1.54, 1.807) is 0 Å². The van der Waals surface area contributed by atoms with Gasteiger partial charge in [-0.1, -0.05) is 29.8 Å². The van der Waals surface area contributed by atoms with Crippen molar-refractivity contribution in [2.75, 3.05) is 44.0 Å². The highest BCUT2D eigenvalue weighted by Gasteiger charge is 2.20. The monoisotopic (exact) mass is 351 g/mol. The third-order valence-corrected chi connectivity index (χ3v) is 5.07. The molecule has 0 bridgehead atoms. The fraction of sp³-hybridized carbons (Fsp3) is 0.409. The Morgan fingerprint density at radius 2 is 1.81 bits per heavy atom. The molecule has 1 amide bonds. The summed E-state index contributed by atoms with van der Waals surface area (Å²) in [5.74, 6) is 0.162. The van der Waals surface area contributed by atoms with E-state index >= 15 is 0 Å². The molecule has 1 heterocycles. The van der Waals surface area contributed by atoms with Gasteiger partial charge < -0.3 is 14.7 Å². The molecule has 0 aliphatic carbocycles. The topological polar surface area (TPSA) is 26.8 Å². The van der Waals surface area contributed by atoms with Crippen LogP contribution in [0, 0.1) is 6.92 Å². The van der Waals surface area contributed by atoms with Gasteiger partial charge in [0.1, 0.15) is 0 Å². The van der Waals surface area contributed by atoms with E-state index in [1.165, 1.54) is 22.5 Å². The first-order valence-electron chi connectivity index (χ1n) is 9.29. The zero-order valence-electron chi connectivity index (χ0n) is 16.3. The van der Waals surface area contributed by atoms with E-state index < -0.39 is 0 Å². The van der Waals surface area contributed by atoms with Crippen molar-refractivity contribution in [1.29, 1.82) is 0 Å². The number of anilines is 2. The lowest BCUT2D eigenvalue weighted by molar-refractivity contribution is -0.128. The summed E-state index contributed by atoms with van der Waals surface area (Å²) in [4.78, 5) is 18.9. The summed E-state index contributed by atoms with van der Waals surface area (Å²) in [6.07, 6.45) is 2.22. The number of amides is 1. The SMILES string of the molecule is Cc1ccc2c(c1)CCCN2CC(=O)N(C)Cc1ccc(N(C)C)cc1. The molecule has 0 atom stereocenters. The first-order chi connectivity index (χ1) is 12.4. The van der Waals surface area contributed by atoms with Gasteiger partial charge >= 0.3 is 0 Å². The van der Waals surface area contributed by atoms with Crippen molar-refractivity contribution in [3.05, 3.63) is 59.2 Å². The Morgan fingerprint density at radius 3 is 2.50 bits per heavy atom. The van der Waals surface area contributed by atoms with Crippen molar-refractivity contribution >= 4 is 17.3 Å². The molecule has 0 spiro atoms. The lowest BCUT2D eigenvalue weighted by Gasteiger charge is -2.32. The van der Waals surface area contributed by atoms with Crippen molar-refractivity contribution in [3.8, 4) is 0 Å². The van der Waals surface area contributed by atoms with E-state index in [9.17, 15) is 4.79 Å². The molecule has 3 rings (SSSR count). The van der Waals surface area contributed by atoms with Crippen LogP contribution in [0.2, 0.25) is 0 Å². The number of likely N-dealkylation sites (N-methyl/N-ethyl adjacent to an activating group) is 1. The normalized spacial score (nSPS) is 13.3. The number of carbonyl (C=O) groups is 1. The van der Waals surface area contributed by atoms with Crippen molar-refractivity contribution in [3.63, 3.8) is 0 Å². The average Bonchev–Trinajstić information content (AvgIpc) is 2.62. The van der Waals surface area contributed by atoms with E-state index in [2.05, 4.69) is 59.2 Å². The maximum atomic E-state index is 12.7. The Hall–Kier alpha value is -2.49. The molecule has 26 heavy (non-hydrogen) atoms. The largest absolute Gasteiger partial charge is 0.378 e. The van der Waals surface area contributed by atoms with Crippen LogP contribution < -0.4 is 9.80 Å². The van der Waals surface area contributed by atoms with E-state index in [0.717, 1.165) is 24.9 Å². The molecule has 0 N–H and O–H groups in total. The van der Waals surface area contributed by atoms with E-state index in [4.69, 9.17) is 0 Å². The summed E-state index contributed by atoms with van der Waals surface area (Å²) in [6, 6.07) is 14.9. The fourth-order valence-electron chi connectivity index (χ4n) is 3.51. The van der Waals surface area contributed by atoms with Gasteiger partial charge in [-0.15, -0.1) is 0 Å². The molecule has 2 aromatic rings. The Balaban J connectivity index is 1.63. The van der Waals surface area contributed by atoms with Gasteiger partial charge in [0.15, 0.2) is 0 Å². The van der Waals surface area contributed by atoms with Gasteiger partial charge in [0.2, 0.25) is 5.91 Å². The quantitative estimate of drug-likeness (QED) is 0.825. The van der Waals surface area contributed by atoms with Gasteiger partial charge in [-0.25, -0.2) is 0 Å². The lowest BCUT2D eigenvalue weighted by Crippen LogP contribution is -2.40. The summed E-state index contributed by atoms with van der Waals surface area (Å²) in [5, 5.41) is 0. The summed E-state index contributed by atoms with van der Waals surface area (Å²) < 4.78 is 0. The van der Waals surface area contributed by atoms with Crippen molar-refractivity contribution in [2.45, 2.75) is 26.3 Å². The molecule has 0 aromatic heterocycles. The molecule has 4 nitrogen and oxygen atoms in total. The molecule has 2 aromatic carbocycles. The minimum Gasteiger partial charge on any atom is -0.378 e. The number of rotatable bonds is 5. The molecule has 4 heteroatoms. The van der Waals surface area contributed by atoms with Gasteiger partial charge in [-0.05, 0) is 49.1 Å². The second kappa shape index (κ2) is 7.81. The number of fused-ring (bicyclic) bond motifs is 1. The molecular weight excluding hydrogens is 322 g/mol. The second-order valence-electron chi connectivity index (χ2n) is 7.47. The first kappa shape index (κ1) is 18.3. The highest BCUT2D eigenvalue weighted by Crippen LogP contribution is 2.27. The smallest absolute Gasteiger partial charge is 0.242 e. The van der Waals surface area contributed by atoms with E-state index in [0.29, 0.717) is 13.1 Å². The molecule has 0 fully saturated rings. The third kappa shape index (κ3) is 4.18. The van der Waals surface area contributed by atoms with E-state index in [-0.39, 0.29) is 5.91 Å². The number of carbonyl (C=O) groups excluding carboxylic acids is 1. The van der Waals surface area contributed by atoms with Crippen LogP contribution >= 0.6 is 0 Å². The molecule has 1 aliphatic heterocycles. The molecule has 138 valence electrons. The van der Waals surface area contributed by atoms with Crippen LogP contribution in [0.1, 0.15) is 23.1 Å². The van der Waals surface area contributed by atoms with Crippen molar-refractivity contribution in [1.82, 2.24) is 4.90 Å². The van der Waals surface area contributed by atoms with Gasteiger partial charge in [-0.2, -0.15) is 0 Å². The van der Waals surface area contributed by atoms with Crippen LogP contribution in [0.25, 0.3) is 0 Å². The van der Waals surface area contributed by atoms with Crippen molar-refractivity contribution < 1.29 is 4.79 Å². The number of aryl methyl sites for hydroxylation is 2. The Labute approximate surface area is 157 Å². The fourth-order valence-corrected chi connectivity index (χ4v) is 3.51. The highest BCUT2D eigenvalue weighted by molar-refractivity contribution is 5.82. The van der Waals surface area contributed by atoms with Crippen LogP contribution in [0.5, 0.6) is 0 Å². The molecule has 0 unspecified atom stereocenters. The van der Waals surface area contributed by atoms with Gasteiger partial charge in [0.05, 0.1) is 6.54 Å². The van der Waals surface area contributed by atoms with Crippen LogP contribution in [0.4, 0.5) is 11.4 Å². The molecule has 1 aliphatic rings. The molecule has 0 saturated heterocycles. The minimum absolute atomic E-state index is 0.162. The van der Waals surface area contributed by atoms with Gasteiger partial charge in [0.25, 0.3) is 0 Å². The first-order valence-corrected chi connectivity index (χ1v) is 9.29. The molecule has 0 saturated carbocycles. The number of hydrogen-bond acceptors (Lipinski definition) is 3. The number of benzene rings is 2. The number of nitrogens with zero attached hydrogens (tertiary/aromatic N) is 3. The molecular formula is C22H29N3O. The van der Waals surface area contributed by atoms with Crippen LogP contribution in [0.3, 0.4) is 0 Å². The predicted octanol–water partition coefficient (Wildman–Crippen LogP) is 3.47. The highest BCUT2D eigenvalue weighted by atomic mass is 16.2. The predicted molar refractivity (Wildman–Crippen MR) is 109 cm³/mol. The zero-order chi connectivity index (χ0) is 18.7. The van der Waals surface area contributed by atoms with Gasteiger partial charge in [-0.3, -0.25) is 4.79 Å². The maximum Gasteiger partial charge on any atom is 0.242 e. The second-order valence-corrected chi connectivity index (χ2v) is 7.47. The Bertz CT molecular complexity index is 767. The van der Waals surface area contributed by atoms with E-state index in [1.807, 2.05) is 26.0 Å². The third-order valence-electron chi connectivity index (χ3n) is 5.07. The summed E-state index contributed by atoms with van der Waals surface area (Å²) in [6.45, 7) is 4.16. The minimum atomic E-state index is 0.162. The molecule has 0 radical (unpaired) electrons. The average molecular weight is 351 g/mol.